The van der Waals surface area contributed by atoms with Gasteiger partial charge in [0.05, 0.1) is 6.04 Å². The Balaban J connectivity index is 2.29. The van der Waals surface area contributed by atoms with Gasteiger partial charge in [0.1, 0.15) is 0 Å². The molecule has 1 heterocycles. The Morgan fingerprint density at radius 3 is 2.39 bits per heavy atom. The summed E-state index contributed by atoms with van der Waals surface area (Å²) in [7, 11) is 4.16. The molecule has 0 aromatic rings. The van der Waals surface area contributed by atoms with Crippen molar-refractivity contribution in [3.8, 4) is 0 Å². The van der Waals surface area contributed by atoms with Crippen LogP contribution < -0.4 is 5.32 Å². The molecule has 1 amide bonds. The molecule has 1 aliphatic heterocycles. The first kappa shape index (κ1) is 15.4. The zero-order valence-corrected chi connectivity index (χ0v) is 12.4. The molecule has 1 aliphatic rings. The fourth-order valence-corrected chi connectivity index (χ4v) is 2.42. The molecule has 0 aromatic carbocycles. The van der Waals surface area contributed by atoms with Crippen molar-refractivity contribution in [2.45, 2.75) is 51.6 Å². The lowest BCUT2D eigenvalue weighted by molar-refractivity contribution is -0.134. The van der Waals surface area contributed by atoms with Crippen molar-refractivity contribution < 1.29 is 4.79 Å². The highest BCUT2D eigenvalue weighted by Crippen LogP contribution is 2.10. The maximum Gasteiger partial charge on any atom is 0.239 e. The van der Waals surface area contributed by atoms with Gasteiger partial charge in [-0.05, 0) is 60.2 Å². The van der Waals surface area contributed by atoms with Crippen LogP contribution in [0.2, 0.25) is 0 Å². The fourth-order valence-electron chi connectivity index (χ4n) is 2.42. The van der Waals surface area contributed by atoms with Crippen molar-refractivity contribution in [1.82, 2.24) is 15.1 Å². The number of carbonyl (C=O) groups excluding carboxylic acids is 1. The number of carbonyl (C=O) groups is 1. The van der Waals surface area contributed by atoms with E-state index in [-0.39, 0.29) is 11.9 Å². The van der Waals surface area contributed by atoms with Crippen molar-refractivity contribution >= 4 is 5.91 Å². The maximum absolute atomic E-state index is 12.2. The third-order valence-electron chi connectivity index (χ3n) is 3.58. The first-order chi connectivity index (χ1) is 8.50. The molecule has 1 rings (SSSR count). The van der Waals surface area contributed by atoms with Gasteiger partial charge in [-0.15, -0.1) is 0 Å². The van der Waals surface area contributed by atoms with Crippen LogP contribution in [0, 0.1) is 0 Å². The van der Waals surface area contributed by atoms with E-state index >= 15 is 0 Å². The molecule has 106 valence electrons. The van der Waals surface area contributed by atoms with Crippen molar-refractivity contribution in [3.63, 3.8) is 0 Å². The van der Waals surface area contributed by atoms with E-state index in [1.807, 2.05) is 11.8 Å². The van der Waals surface area contributed by atoms with Gasteiger partial charge in [-0.3, -0.25) is 4.79 Å². The molecule has 0 bridgehead atoms. The predicted octanol–water partition coefficient (Wildman–Crippen LogP) is 1.32. The van der Waals surface area contributed by atoms with E-state index in [0.29, 0.717) is 6.04 Å². The van der Waals surface area contributed by atoms with E-state index in [0.717, 1.165) is 38.9 Å². The molecular formula is C14H29N3O. The summed E-state index contributed by atoms with van der Waals surface area (Å²) < 4.78 is 0. The van der Waals surface area contributed by atoms with E-state index < -0.39 is 0 Å². The molecule has 2 atom stereocenters. The fraction of sp³-hybridized carbons (Fsp3) is 0.929. The van der Waals surface area contributed by atoms with Crippen molar-refractivity contribution in [3.05, 3.63) is 0 Å². The summed E-state index contributed by atoms with van der Waals surface area (Å²) in [6.45, 7) is 7.08. The molecule has 0 radical (unpaired) electrons. The second-order valence-electron chi connectivity index (χ2n) is 5.77. The Kier molecular flexibility index (Phi) is 6.65. The van der Waals surface area contributed by atoms with Crippen LogP contribution in [-0.2, 0) is 4.79 Å². The van der Waals surface area contributed by atoms with Crippen LogP contribution >= 0.6 is 0 Å². The lowest BCUT2D eigenvalue weighted by Crippen LogP contribution is -2.49. The van der Waals surface area contributed by atoms with Crippen LogP contribution in [0.5, 0.6) is 0 Å². The number of hydrogen-bond donors (Lipinski definition) is 1. The number of likely N-dealkylation sites (tertiary alicyclic amines) is 1. The summed E-state index contributed by atoms with van der Waals surface area (Å²) in [6.07, 6.45) is 4.67. The quantitative estimate of drug-likeness (QED) is 0.777. The number of rotatable bonds is 6. The second-order valence-corrected chi connectivity index (χ2v) is 5.77. The van der Waals surface area contributed by atoms with Gasteiger partial charge in [-0.2, -0.15) is 0 Å². The Labute approximate surface area is 112 Å². The minimum absolute atomic E-state index is 0.0553. The topological polar surface area (TPSA) is 35.6 Å². The number of piperidine rings is 1. The van der Waals surface area contributed by atoms with E-state index in [9.17, 15) is 4.79 Å². The SMILES string of the molecule is CC(CCN(C)C)NC(C)C(=O)N1CCCCC1. The minimum atomic E-state index is -0.0553. The van der Waals surface area contributed by atoms with Gasteiger partial charge in [0, 0.05) is 19.1 Å². The monoisotopic (exact) mass is 255 g/mol. The summed E-state index contributed by atoms with van der Waals surface area (Å²) in [5.41, 5.74) is 0. The highest BCUT2D eigenvalue weighted by atomic mass is 16.2. The first-order valence-electron chi connectivity index (χ1n) is 7.20. The Morgan fingerprint density at radius 2 is 1.83 bits per heavy atom. The molecule has 0 saturated carbocycles. The summed E-state index contributed by atoms with van der Waals surface area (Å²) >= 11 is 0. The third kappa shape index (κ3) is 5.36. The molecule has 1 N–H and O–H groups in total. The van der Waals surface area contributed by atoms with E-state index in [4.69, 9.17) is 0 Å². The molecule has 0 aromatic heterocycles. The van der Waals surface area contributed by atoms with Gasteiger partial charge in [-0.25, -0.2) is 0 Å². The average Bonchev–Trinajstić information content (AvgIpc) is 2.36. The van der Waals surface area contributed by atoms with Crippen LogP contribution in [0.4, 0.5) is 0 Å². The maximum atomic E-state index is 12.2. The van der Waals surface area contributed by atoms with E-state index in [1.54, 1.807) is 0 Å². The molecule has 0 aliphatic carbocycles. The molecule has 18 heavy (non-hydrogen) atoms. The summed E-state index contributed by atoms with van der Waals surface area (Å²) in [5, 5.41) is 3.41. The molecule has 4 heteroatoms. The minimum Gasteiger partial charge on any atom is -0.341 e. The first-order valence-corrected chi connectivity index (χ1v) is 7.20. The smallest absolute Gasteiger partial charge is 0.239 e. The van der Waals surface area contributed by atoms with Gasteiger partial charge in [0.2, 0.25) is 5.91 Å². The van der Waals surface area contributed by atoms with E-state index in [2.05, 4.69) is 31.2 Å². The Bertz CT molecular complexity index is 249. The molecule has 0 spiro atoms. The molecule has 1 fully saturated rings. The summed E-state index contributed by atoms with van der Waals surface area (Å²) in [5.74, 6) is 0.270. The number of amides is 1. The standard InChI is InChI=1S/C14H29N3O/c1-12(8-11-16(3)4)15-13(2)14(18)17-9-6-5-7-10-17/h12-13,15H,5-11H2,1-4H3. The highest BCUT2D eigenvalue weighted by Gasteiger charge is 2.22. The summed E-state index contributed by atoms with van der Waals surface area (Å²) in [4.78, 5) is 16.4. The van der Waals surface area contributed by atoms with Gasteiger partial charge >= 0.3 is 0 Å². The predicted molar refractivity (Wildman–Crippen MR) is 75.7 cm³/mol. The van der Waals surface area contributed by atoms with Gasteiger partial charge in [0.15, 0.2) is 0 Å². The molecular weight excluding hydrogens is 226 g/mol. The van der Waals surface area contributed by atoms with Gasteiger partial charge in [-0.1, -0.05) is 0 Å². The Hall–Kier alpha value is -0.610. The van der Waals surface area contributed by atoms with Crippen LogP contribution in [0.15, 0.2) is 0 Å². The third-order valence-corrected chi connectivity index (χ3v) is 3.58. The Morgan fingerprint density at radius 1 is 1.22 bits per heavy atom. The van der Waals surface area contributed by atoms with Crippen LogP contribution in [0.3, 0.4) is 0 Å². The zero-order chi connectivity index (χ0) is 13.5. The van der Waals surface area contributed by atoms with Crippen LogP contribution in [0.25, 0.3) is 0 Å². The van der Waals surface area contributed by atoms with Gasteiger partial charge < -0.3 is 15.1 Å². The van der Waals surface area contributed by atoms with Crippen molar-refractivity contribution in [1.29, 1.82) is 0 Å². The summed E-state index contributed by atoms with van der Waals surface area (Å²) in [6, 6.07) is 0.330. The molecule has 1 saturated heterocycles. The highest BCUT2D eigenvalue weighted by molar-refractivity contribution is 5.81. The number of nitrogens with one attached hydrogen (secondary N) is 1. The van der Waals surface area contributed by atoms with Crippen LogP contribution in [-0.4, -0.2) is 61.5 Å². The lowest BCUT2D eigenvalue weighted by atomic mass is 10.1. The largest absolute Gasteiger partial charge is 0.341 e. The molecule has 4 nitrogen and oxygen atoms in total. The normalized spacial score (nSPS) is 19.9. The lowest BCUT2D eigenvalue weighted by Gasteiger charge is -2.30. The van der Waals surface area contributed by atoms with Crippen molar-refractivity contribution in [2.24, 2.45) is 0 Å². The second kappa shape index (κ2) is 7.74. The van der Waals surface area contributed by atoms with Gasteiger partial charge in [0.25, 0.3) is 0 Å². The van der Waals surface area contributed by atoms with Crippen molar-refractivity contribution in [2.75, 3.05) is 33.7 Å². The number of nitrogens with zero attached hydrogens (tertiary/aromatic N) is 2. The zero-order valence-electron chi connectivity index (χ0n) is 12.4. The van der Waals surface area contributed by atoms with E-state index in [1.165, 1.54) is 6.42 Å². The van der Waals surface area contributed by atoms with Crippen LogP contribution in [0.1, 0.15) is 39.5 Å². The molecule has 2 unspecified atom stereocenters. The number of hydrogen-bond acceptors (Lipinski definition) is 3. The average molecular weight is 255 g/mol.